The van der Waals surface area contributed by atoms with Gasteiger partial charge in [0.15, 0.2) is 0 Å². The summed E-state index contributed by atoms with van der Waals surface area (Å²) in [5, 5.41) is 14.2. The van der Waals surface area contributed by atoms with Crippen LogP contribution in [0.2, 0.25) is 15.1 Å². The van der Waals surface area contributed by atoms with E-state index in [-0.39, 0.29) is 33.5 Å². The molecule has 0 saturated carbocycles. The number of halogens is 3. The molecule has 160 valence electrons. The first-order valence-electron chi connectivity index (χ1n) is 8.75. The fourth-order valence-corrected chi connectivity index (χ4v) is 3.65. The quantitative estimate of drug-likeness (QED) is 0.357. The Bertz CT molecular complexity index is 1110. The minimum Gasteiger partial charge on any atom is -0.467 e. The number of rotatable bonds is 7. The fourth-order valence-electron chi connectivity index (χ4n) is 2.74. The number of carbonyl (C=O) groups is 2. The summed E-state index contributed by atoms with van der Waals surface area (Å²) in [4.78, 5) is 37.3. The monoisotopic (exact) mass is 481 g/mol. The van der Waals surface area contributed by atoms with Crippen LogP contribution in [-0.2, 0) is 11.3 Å². The first-order chi connectivity index (χ1) is 14.7. The number of benzene rings is 2. The van der Waals surface area contributed by atoms with Gasteiger partial charge in [0.25, 0.3) is 11.6 Å². The van der Waals surface area contributed by atoms with Crippen molar-refractivity contribution in [1.29, 1.82) is 0 Å². The molecule has 0 radical (unpaired) electrons. The Morgan fingerprint density at radius 1 is 1.06 bits per heavy atom. The third-order valence-corrected chi connectivity index (χ3v) is 4.94. The lowest BCUT2D eigenvalue weighted by Gasteiger charge is -2.21. The molecule has 0 atom stereocenters. The molecule has 0 bridgehead atoms. The van der Waals surface area contributed by atoms with Crippen molar-refractivity contribution in [2.75, 3.05) is 11.9 Å². The maximum atomic E-state index is 13.0. The summed E-state index contributed by atoms with van der Waals surface area (Å²) in [6, 6.07) is 11.3. The average molecular weight is 483 g/mol. The molecule has 31 heavy (non-hydrogen) atoms. The van der Waals surface area contributed by atoms with Gasteiger partial charge in [-0.2, -0.15) is 0 Å². The second-order valence-corrected chi connectivity index (χ2v) is 7.59. The zero-order chi connectivity index (χ0) is 22.5. The van der Waals surface area contributed by atoms with Crippen molar-refractivity contribution >= 4 is 58.0 Å². The highest BCUT2D eigenvalue weighted by molar-refractivity contribution is 6.42. The van der Waals surface area contributed by atoms with Crippen molar-refractivity contribution < 1.29 is 18.9 Å². The van der Waals surface area contributed by atoms with E-state index in [1.54, 1.807) is 12.1 Å². The van der Waals surface area contributed by atoms with Crippen molar-refractivity contribution in [2.45, 2.75) is 6.54 Å². The highest BCUT2D eigenvalue weighted by atomic mass is 35.5. The Labute approximate surface area is 191 Å². The molecule has 2 amide bonds. The van der Waals surface area contributed by atoms with Gasteiger partial charge < -0.3 is 14.6 Å². The Kier molecular flexibility index (Phi) is 7.17. The number of anilines is 1. The normalized spacial score (nSPS) is 10.5. The fraction of sp³-hybridized carbons (Fsp3) is 0.100. The molecule has 3 rings (SSSR count). The number of carbonyl (C=O) groups excluding carboxylic acids is 2. The second kappa shape index (κ2) is 9.82. The van der Waals surface area contributed by atoms with Crippen LogP contribution in [0, 0.1) is 10.1 Å². The molecule has 1 N–H and O–H groups in total. The molecule has 0 aliphatic heterocycles. The van der Waals surface area contributed by atoms with Gasteiger partial charge in [0.1, 0.15) is 12.3 Å². The van der Waals surface area contributed by atoms with E-state index in [1.165, 1.54) is 41.5 Å². The van der Waals surface area contributed by atoms with Crippen molar-refractivity contribution in [3.05, 3.63) is 91.3 Å². The molecule has 0 spiro atoms. The highest BCUT2D eigenvalue weighted by Gasteiger charge is 2.23. The lowest BCUT2D eigenvalue weighted by Crippen LogP contribution is -2.37. The molecule has 8 nitrogen and oxygen atoms in total. The van der Waals surface area contributed by atoms with Crippen LogP contribution in [0.5, 0.6) is 0 Å². The van der Waals surface area contributed by atoms with E-state index < -0.39 is 23.3 Å². The van der Waals surface area contributed by atoms with Crippen LogP contribution in [0.15, 0.2) is 59.2 Å². The summed E-state index contributed by atoms with van der Waals surface area (Å²) in [5.41, 5.74) is -0.0393. The standard InChI is InChI=1S/C20H14Cl3N3O5/c21-13-8-16(22)19(17(23)9-13)24-18(27)11-25(10-15-5-2-6-31-15)20(28)12-3-1-4-14(7-12)26(29)30/h1-9H,10-11H2,(H,24,27). The maximum Gasteiger partial charge on any atom is 0.270 e. The number of nitro benzene ring substituents is 1. The number of hydrogen-bond acceptors (Lipinski definition) is 5. The Morgan fingerprint density at radius 3 is 2.39 bits per heavy atom. The van der Waals surface area contributed by atoms with E-state index in [0.717, 1.165) is 6.07 Å². The third kappa shape index (κ3) is 5.75. The van der Waals surface area contributed by atoms with E-state index in [2.05, 4.69) is 5.32 Å². The average Bonchev–Trinajstić information content (AvgIpc) is 3.23. The van der Waals surface area contributed by atoms with Crippen LogP contribution < -0.4 is 5.32 Å². The van der Waals surface area contributed by atoms with Gasteiger partial charge in [-0.15, -0.1) is 0 Å². The molecule has 11 heteroatoms. The molecule has 3 aromatic rings. The van der Waals surface area contributed by atoms with E-state index in [4.69, 9.17) is 39.2 Å². The summed E-state index contributed by atoms with van der Waals surface area (Å²) >= 11 is 18.1. The Balaban J connectivity index is 1.84. The molecule has 1 heterocycles. The van der Waals surface area contributed by atoms with E-state index >= 15 is 0 Å². The number of nitrogens with zero attached hydrogens (tertiary/aromatic N) is 2. The van der Waals surface area contributed by atoms with Gasteiger partial charge in [-0.05, 0) is 30.3 Å². The topological polar surface area (TPSA) is 106 Å². The third-order valence-electron chi connectivity index (χ3n) is 4.12. The largest absolute Gasteiger partial charge is 0.467 e. The summed E-state index contributed by atoms with van der Waals surface area (Å²) in [5.74, 6) is -0.755. The SMILES string of the molecule is O=C(CN(Cc1ccco1)C(=O)c1cccc([N+](=O)[O-])c1)Nc1c(Cl)cc(Cl)cc1Cl. The lowest BCUT2D eigenvalue weighted by molar-refractivity contribution is -0.384. The minimum atomic E-state index is -0.606. The summed E-state index contributed by atoms with van der Waals surface area (Å²) in [6.45, 7) is -0.429. The van der Waals surface area contributed by atoms with Crippen molar-refractivity contribution in [1.82, 2.24) is 4.90 Å². The van der Waals surface area contributed by atoms with Gasteiger partial charge >= 0.3 is 0 Å². The van der Waals surface area contributed by atoms with Gasteiger partial charge in [-0.1, -0.05) is 40.9 Å². The number of nitrogens with one attached hydrogen (secondary N) is 1. The summed E-state index contributed by atoms with van der Waals surface area (Å²) < 4.78 is 5.27. The van der Waals surface area contributed by atoms with Crippen molar-refractivity contribution in [3.8, 4) is 0 Å². The number of amides is 2. The smallest absolute Gasteiger partial charge is 0.270 e. The number of hydrogen-bond donors (Lipinski definition) is 1. The zero-order valence-corrected chi connectivity index (χ0v) is 17.9. The number of non-ortho nitro benzene ring substituents is 1. The van der Waals surface area contributed by atoms with E-state index in [1.807, 2.05) is 0 Å². The Hall–Kier alpha value is -3.07. The van der Waals surface area contributed by atoms with Gasteiger partial charge in [-0.3, -0.25) is 19.7 Å². The maximum absolute atomic E-state index is 13.0. The van der Waals surface area contributed by atoms with Crippen LogP contribution in [0.1, 0.15) is 16.1 Å². The molecule has 0 fully saturated rings. The molecule has 1 aromatic heterocycles. The van der Waals surface area contributed by atoms with Crippen LogP contribution in [-0.4, -0.2) is 28.2 Å². The highest BCUT2D eigenvalue weighted by Crippen LogP contribution is 2.33. The summed E-state index contributed by atoms with van der Waals surface area (Å²) in [7, 11) is 0. The van der Waals surface area contributed by atoms with Crippen molar-refractivity contribution in [3.63, 3.8) is 0 Å². The lowest BCUT2D eigenvalue weighted by atomic mass is 10.1. The predicted molar refractivity (Wildman–Crippen MR) is 117 cm³/mol. The van der Waals surface area contributed by atoms with Gasteiger partial charge in [0, 0.05) is 22.7 Å². The molecule has 0 saturated heterocycles. The van der Waals surface area contributed by atoms with Crippen LogP contribution in [0.25, 0.3) is 0 Å². The molecule has 0 aliphatic rings. The van der Waals surface area contributed by atoms with Crippen LogP contribution in [0.4, 0.5) is 11.4 Å². The summed E-state index contributed by atoms with van der Waals surface area (Å²) in [6.07, 6.45) is 1.43. The second-order valence-electron chi connectivity index (χ2n) is 6.34. The number of furan rings is 1. The molecule has 0 unspecified atom stereocenters. The van der Waals surface area contributed by atoms with Gasteiger partial charge in [0.05, 0.1) is 33.5 Å². The zero-order valence-electron chi connectivity index (χ0n) is 15.7. The van der Waals surface area contributed by atoms with Crippen LogP contribution >= 0.6 is 34.8 Å². The molecular formula is C20H14Cl3N3O5. The Morgan fingerprint density at radius 2 is 1.77 bits per heavy atom. The van der Waals surface area contributed by atoms with Gasteiger partial charge in [-0.25, -0.2) is 0 Å². The molecular weight excluding hydrogens is 469 g/mol. The van der Waals surface area contributed by atoms with Crippen molar-refractivity contribution in [2.24, 2.45) is 0 Å². The van der Waals surface area contributed by atoms with E-state index in [9.17, 15) is 19.7 Å². The molecule has 0 aliphatic carbocycles. The predicted octanol–water partition coefficient (Wildman–Crippen LogP) is 5.43. The van der Waals surface area contributed by atoms with Crippen LogP contribution in [0.3, 0.4) is 0 Å². The number of nitro groups is 1. The molecule has 2 aromatic carbocycles. The van der Waals surface area contributed by atoms with E-state index in [0.29, 0.717) is 10.8 Å². The van der Waals surface area contributed by atoms with Gasteiger partial charge in [0.2, 0.25) is 5.91 Å². The first-order valence-corrected chi connectivity index (χ1v) is 9.88. The first kappa shape index (κ1) is 22.6. The minimum absolute atomic E-state index is 0.0377.